The van der Waals surface area contributed by atoms with Crippen molar-refractivity contribution < 1.29 is 0 Å². The van der Waals surface area contributed by atoms with Gasteiger partial charge >= 0.3 is 0 Å². The molecule has 6 heteroatoms. The number of unbranched alkanes of at least 4 members (excludes halogenated alkanes) is 1. The van der Waals surface area contributed by atoms with Crippen molar-refractivity contribution in [3.05, 3.63) is 46.1 Å². The number of aromatic nitrogens is 1. The zero-order valence-corrected chi connectivity index (χ0v) is 13.8. The van der Waals surface area contributed by atoms with E-state index in [1.807, 2.05) is 6.07 Å². The van der Waals surface area contributed by atoms with E-state index >= 15 is 0 Å². The maximum Gasteiger partial charge on any atom is 0.141 e. The van der Waals surface area contributed by atoms with Crippen LogP contribution in [-0.2, 0) is 0 Å². The molecule has 1 aromatic heterocycles. The van der Waals surface area contributed by atoms with Gasteiger partial charge in [-0.3, -0.25) is 0 Å². The Morgan fingerprint density at radius 1 is 1.23 bits per heavy atom. The second kappa shape index (κ2) is 8.01. The Balaban J connectivity index is 2.31. The predicted molar refractivity (Wildman–Crippen MR) is 95.3 cm³/mol. The lowest BCUT2D eigenvalue weighted by Gasteiger charge is -2.15. The minimum atomic E-state index is 0.509. The highest BCUT2D eigenvalue weighted by Crippen LogP contribution is 2.33. The second-order valence-corrected chi connectivity index (χ2v) is 5.58. The number of pyridine rings is 1. The van der Waals surface area contributed by atoms with E-state index in [9.17, 15) is 0 Å². The Morgan fingerprint density at radius 2 is 1.95 bits per heavy atom. The van der Waals surface area contributed by atoms with Gasteiger partial charge in [0, 0.05) is 24.6 Å². The number of anilines is 3. The highest BCUT2D eigenvalue weighted by Gasteiger charge is 2.11. The molecule has 0 atom stereocenters. The van der Waals surface area contributed by atoms with Gasteiger partial charge in [0.25, 0.3) is 0 Å². The normalized spacial score (nSPS) is 10.3. The first-order valence-electron chi connectivity index (χ1n) is 7.11. The topological polar surface area (TPSA) is 60.8 Å². The number of halogens is 2. The lowest BCUT2D eigenvalue weighted by Crippen LogP contribution is -2.07. The SMILES string of the molecule is CCCCNc1ccnc(Nc2c(Cl)cccc2Cl)c1C=N. The maximum atomic E-state index is 7.67. The van der Waals surface area contributed by atoms with Crippen LogP contribution in [-0.4, -0.2) is 17.7 Å². The summed E-state index contributed by atoms with van der Waals surface area (Å²) in [5.74, 6) is 0.548. The molecule has 1 heterocycles. The van der Waals surface area contributed by atoms with Crippen LogP contribution in [0.4, 0.5) is 17.2 Å². The minimum Gasteiger partial charge on any atom is -0.384 e. The van der Waals surface area contributed by atoms with E-state index in [1.54, 1.807) is 24.4 Å². The lowest BCUT2D eigenvalue weighted by atomic mass is 10.2. The summed E-state index contributed by atoms with van der Waals surface area (Å²) in [4.78, 5) is 4.30. The number of nitrogens with one attached hydrogen (secondary N) is 3. The number of hydrogen-bond donors (Lipinski definition) is 3. The zero-order chi connectivity index (χ0) is 15.9. The second-order valence-electron chi connectivity index (χ2n) is 4.77. The summed E-state index contributed by atoms with van der Waals surface area (Å²) in [6.07, 6.45) is 5.14. The molecule has 3 N–H and O–H groups in total. The first kappa shape index (κ1) is 16.6. The number of benzene rings is 1. The summed E-state index contributed by atoms with van der Waals surface area (Å²) in [6.45, 7) is 2.99. The summed E-state index contributed by atoms with van der Waals surface area (Å²) < 4.78 is 0. The quantitative estimate of drug-likeness (QED) is 0.472. The fourth-order valence-corrected chi connectivity index (χ4v) is 2.50. The van der Waals surface area contributed by atoms with E-state index in [0.29, 0.717) is 27.1 Å². The van der Waals surface area contributed by atoms with Gasteiger partial charge in [-0.05, 0) is 24.6 Å². The molecule has 0 amide bonds. The maximum absolute atomic E-state index is 7.67. The number of para-hydroxylation sites is 1. The fraction of sp³-hybridized carbons (Fsp3) is 0.250. The van der Waals surface area contributed by atoms with Crippen molar-refractivity contribution in [3.8, 4) is 0 Å². The van der Waals surface area contributed by atoms with Gasteiger partial charge in [0.1, 0.15) is 5.82 Å². The summed E-state index contributed by atoms with van der Waals surface area (Å²) >= 11 is 12.3. The van der Waals surface area contributed by atoms with E-state index in [4.69, 9.17) is 28.6 Å². The monoisotopic (exact) mass is 336 g/mol. The Morgan fingerprint density at radius 3 is 2.59 bits per heavy atom. The molecular weight excluding hydrogens is 319 g/mol. The first-order valence-corrected chi connectivity index (χ1v) is 7.87. The molecule has 0 bridgehead atoms. The van der Waals surface area contributed by atoms with Crippen molar-refractivity contribution in [2.24, 2.45) is 0 Å². The van der Waals surface area contributed by atoms with Gasteiger partial charge in [0.2, 0.25) is 0 Å². The zero-order valence-electron chi connectivity index (χ0n) is 12.3. The van der Waals surface area contributed by atoms with Gasteiger partial charge in [-0.15, -0.1) is 0 Å². The highest BCUT2D eigenvalue weighted by molar-refractivity contribution is 6.39. The van der Waals surface area contributed by atoms with Crippen molar-refractivity contribution in [2.75, 3.05) is 17.2 Å². The summed E-state index contributed by atoms with van der Waals surface area (Å²) in [5.41, 5.74) is 2.13. The Labute approximate surface area is 140 Å². The molecule has 0 saturated heterocycles. The van der Waals surface area contributed by atoms with Crippen LogP contribution in [0.15, 0.2) is 30.5 Å². The third-order valence-corrected chi connectivity index (χ3v) is 3.82. The van der Waals surface area contributed by atoms with Crippen LogP contribution in [0.5, 0.6) is 0 Å². The van der Waals surface area contributed by atoms with Crippen LogP contribution < -0.4 is 10.6 Å². The summed E-state index contributed by atoms with van der Waals surface area (Å²) in [6, 6.07) is 7.14. The van der Waals surface area contributed by atoms with Crippen molar-refractivity contribution in [2.45, 2.75) is 19.8 Å². The smallest absolute Gasteiger partial charge is 0.141 e. The number of rotatable bonds is 7. The molecule has 1 aromatic carbocycles. The summed E-state index contributed by atoms with van der Waals surface area (Å²) in [7, 11) is 0. The first-order chi connectivity index (χ1) is 10.7. The van der Waals surface area contributed by atoms with Gasteiger partial charge in [-0.2, -0.15) is 0 Å². The fourth-order valence-electron chi connectivity index (χ4n) is 2.01. The van der Waals surface area contributed by atoms with Crippen LogP contribution >= 0.6 is 23.2 Å². The highest BCUT2D eigenvalue weighted by atomic mass is 35.5. The molecule has 0 aliphatic rings. The molecule has 2 rings (SSSR count). The molecule has 0 aliphatic carbocycles. The van der Waals surface area contributed by atoms with Gasteiger partial charge in [-0.1, -0.05) is 42.6 Å². The van der Waals surface area contributed by atoms with E-state index < -0.39 is 0 Å². The van der Waals surface area contributed by atoms with Gasteiger partial charge in [0.15, 0.2) is 0 Å². The van der Waals surface area contributed by atoms with Crippen LogP contribution in [0.1, 0.15) is 25.3 Å². The molecule has 22 heavy (non-hydrogen) atoms. The Bertz CT molecular complexity index is 638. The average Bonchev–Trinajstić information content (AvgIpc) is 2.51. The Kier molecular flexibility index (Phi) is 6.04. The molecule has 4 nitrogen and oxygen atoms in total. The van der Waals surface area contributed by atoms with E-state index in [1.165, 1.54) is 6.21 Å². The van der Waals surface area contributed by atoms with E-state index in [2.05, 4.69) is 22.5 Å². The molecule has 0 unspecified atom stereocenters. The van der Waals surface area contributed by atoms with Gasteiger partial charge in [-0.25, -0.2) is 4.98 Å². The van der Waals surface area contributed by atoms with E-state index in [0.717, 1.165) is 25.1 Å². The average molecular weight is 337 g/mol. The lowest BCUT2D eigenvalue weighted by molar-refractivity contribution is 0.834. The molecule has 0 fully saturated rings. The summed E-state index contributed by atoms with van der Waals surface area (Å²) in [5, 5.41) is 15.1. The molecule has 2 aromatic rings. The molecule has 0 saturated carbocycles. The molecule has 0 aliphatic heterocycles. The van der Waals surface area contributed by atoms with Gasteiger partial charge in [0.05, 0.1) is 21.3 Å². The van der Waals surface area contributed by atoms with E-state index in [-0.39, 0.29) is 0 Å². The van der Waals surface area contributed by atoms with Crippen LogP contribution in [0, 0.1) is 5.41 Å². The predicted octanol–water partition coefficient (Wildman–Crippen LogP) is 5.34. The molecule has 0 spiro atoms. The van der Waals surface area contributed by atoms with Crippen LogP contribution in [0.2, 0.25) is 10.0 Å². The standard InChI is InChI=1S/C16H18Cl2N4/c1-2-3-8-20-14-7-9-21-16(11(14)10-19)22-15-12(17)5-4-6-13(15)18/h4-7,9-10,19H,2-3,8H2,1H3,(H2,20,21,22). The number of nitrogens with zero attached hydrogens (tertiary/aromatic N) is 1. The number of hydrogen-bond acceptors (Lipinski definition) is 4. The Hall–Kier alpha value is -1.78. The van der Waals surface area contributed by atoms with Crippen LogP contribution in [0.25, 0.3) is 0 Å². The molecule has 116 valence electrons. The third-order valence-electron chi connectivity index (χ3n) is 3.19. The van der Waals surface area contributed by atoms with Crippen molar-refractivity contribution in [1.82, 2.24) is 4.98 Å². The molecular formula is C16H18Cl2N4. The van der Waals surface area contributed by atoms with Gasteiger partial charge < -0.3 is 16.0 Å². The van der Waals surface area contributed by atoms with Crippen LogP contribution in [0.3, 0.4) is 0 Å². The molecule has 0 radical (unpaired) electrons. The van der Waals surface area contributed by atoms with Crippen molar-refractivity contribution in [3.63, 3.8) is 0 Å². The minimum absolute atomic E-state index is 0.509. The van der Waals surface area contributed by atoms with Crippen molar-refractivity contribution >= 4 is 46.6 Å². The largest absolute Gasteiger partial charge is 0.384 e. The van der Waals surface area contributed by atoms with Crippen molar-refractivity contribution in [1.29, 1.82) is 5.41 Å². The third kappa shape index (κ3) is 3.90.